The fraction of sp³-hybridized carbons (Fsp3) is 0.270. The third-order valence-corrected chi connectivity index (χ3v) is 8.87. The first kappa shape index (κ1) is 31.0. The molecule has 4 aromatic rings. The Hall–Kier alpha value is -5.02. The number of nitrogens with zero attached hydrogens (tertiary/aromatic N) is 4. The number of nitrogens with one attached hydrogen (secondary N) is 1. The van der Waals surface area contributed by atoms with E-state index in [4.69, 9.17) is 0 Å². The summed E-state index contributed by atoms with van der Waals surface area (Å²) in [6.45, 7) is 0.783. The van der Waals surface area contributed by atoms with E-state index < -0.39 is 18.2 Å². The number of carbonyl (C=O) groups excluding carboxylic acids is 3. The number of carbonyl (C=O) groups is 3. The van der Waals surface area contributed by atoms with Gasteiger partial charge < -0.3 is 15.1 Å². The van der Waals surface area contributed by atoms with E-state index in [0.717, 1.165) is 22.3 Å². The summed E-state index contributed by atoms with van der Waals surface area (Å²) in [6, 6.07) is 35.0. The molecule has 46 heavy (non-hydrogen) atoms. The lowest BCUT2D eigenvalue weighted by atomic mass is 9.88. The van der Waals surface area contributed by atoms with Gasteiger partial charge in [-0.25, -0.2) is 19.2 Å². The van der Waals surface area contributed by atoms with Crippen molar-refractivity contribution in [3.63, 3.8) is 0 Å². The van der Waals surface area contributed by atoms with Gasteiger partial charge in [-0.1, -0.05) is 103 Å². The van der Waals surface area contributed by atoms with Crippen LogP contribution in [-0.4, -0.2) is 76.6 Å². The molecule has 236 valence electrons. The Morgan fingerprint density at radius 2 is 1.41 bits per heavy atom. The summed E-state index contributed by atoms with van der Waals surface area (Å²) in [6.07, 6.45) is 0.316. The second-order valence-electron chi connectivity index (χ2n) is 11.9. The van der Waals surface area contributed by atoms with E-state index in [1.165, 1.54) is 12.1 Å². The van der Waals surface area contributed by atoms with E-state index in [0.29, 0.717) is 19.4 Å². The number of fused-ring (bicyclic) bond motifs is 1. The van der Waals surface area contributed by atoms with Crippen LogP contribution in [0.4, 0.5) is 9.18 Å². The number of hydrogen-bond donors (Lipinski definition) is 1. The van der Waals surface area contributed by atoms with Crippen molar-refractivity contribution in [1.29, 1.82) is 0 Å². The summed E-state index contributed by atoms with van der Waals surface area (Å²) in [5, 5.41) is 6.10. The fourth-order valence-corrected chi connectivity index (χ4v) is 6.59. The normalized spacial score (nSPS) is 18.5. The number of halogens is 1. The number of amides is 4. The van der Waals surface area contributed by atoms with Gasteiger partial charge >= 0.3 is 6.03 Å². The van der Waals surface area contributed by atoms with E-state index in [-0.39, 0.29) is 43.2 Å². The van der Waals surface area contributed by atoms with Gasteiger partial charge in [0.25, 0.3) is 0 Å². The molecule has 6 rings (SSSR count). The van der Waals surface area contributed by atoms with Gasteiger partial charge in [-0.15, -0.1) is 0 Å². The molecule has 2 aliphatic rings. The molecule has 0 unspecified atom stereocenters. The lowest BCUT2D eigenvalue weighted by Gasteiger charge is -2.54. The molecule has 4 aromatic carbocycles. The summed E-state index contributed by atoms with van der Waals surface area (Å²) < 4.78 is 13.4. The minimum Gasteiger partial charge on any atom is -0.337 e. The van der Waals surface area contributed by atoms with Crippen molar-refractivity contribution >= 4 is 17.8 Å². The van der Waals surface area contributed by atoms with Gasteiger partial charge in [0.15, 0.2) is 0 Å². The third kappa shape index (κ3) is 6.79. The molecule has 0 aromatic heterocycles. The number of urea groups is 1. The first-order valence-electron chi connectivity index (χ1n) is 15.7. The highest BCUT2D eigenvalue weighted by Crippen LogP contribution is 2.31. The maximum atomic E-state index is 14.3. The standard InChI is InChI=1S/C37H38FN5O3/c1-40-26-35(44)42-33(23-27-11-5-2-6-12-27)36(45)41(22-21-32(29-13-7-3-8-14-29)30-15-9-4-10-16-30)25-34(42)43(40)37(46)39-24-28-17-19-31(38)20-18-28/h2-20,32-34H,21-26H2,1H3,(H,39,46)/t33-,34-/m0/s1. The average molecular weight is 620 g/mol. The lowest BCUT2D eigenvalue weighted by molar-refractivity contribution is -0.187. The first-order valence-corrected chi connectivity index (χ1v) is 15.7. The van der Waals surface area contributed by atoms with Crippen molar-refractivity contribution < 1.29 is 18.8 Å². The molecule has 0 bridgehead atoms. The maximum Gasteiger partial charge on any atom is 0.334 e. The van der Waals surface area contributed by atoms with Gasteiger partial charge in [0.1, 0.15) is 18.0 Å². The smallest absolute Gasteiger partial charge is 0.334 e. The van der Waals surface area contributed by atoms with Crippen LogP contribution in [0, 0.1) is 5.82 Å². The molecule has 0 aliphatic carbocycles. The van der Waals surface area contributed by atoms with E-state index in [9.17, 15) is 18.8 Å². The Labute approximate surface area is 269 Å². The Morgan fingerprint density at radius 3 is 2.02 bits per heavy atom. The molecule has 4 amide bonds. The van der Waals surface area contributed by atoms with Gasteiger partial charge in [-0.05, 0) is 40.8 Å². The van der Waals surface area contributed by atoms with Crippen molar-refractivity contribution in [2.24, 2.45) is 0 Å². The van der Waals surface area contributed by atoms with Crippen LogP contribution in [0.1, 0.15) is 34.6 Å². The monoisotopic (exact) mass is 619 g/mol. The lowest BCUT2D eigenvalue weighted by Crippen LogP contribution is -2.76. The topological polar surface area (TPSA) is 76.2 Å². The van der Waals surface area contributed by atoms with Gasteiger partial charge in [0.2, 0.25) is 11.8 Å². The predicted octanol–water partition coefficient (Wildman–Crippen LogP) is 5.03. The number of likely N-dealkylation sites (N-methyl/N-ethyl adjacent to an activating group) is 1. The van der Waals surface area contributed by atoms with Crippen LogP contribution < -0.4 is 5.32 Å². The number of benzene rings is 4. The summed E-state index contributed by atoms with van der Waals surface area (Å²) in [5.41, 5.74) is 4.01. The van der Waals surface area contributed by atoms with Gasteiger partial charge in [0, 0.05) is 32.5 Å². The fourth-order valence-electron chi connectivity index (χ4n) is 6.59. The van der Waals surface area contributed by atoms with Crippen LogP contribution in [0.2, 0.25) is 0 Å². The summed E-state index contributed by atoms with van der Waals surface area (Å²) in [5.74, 6) is -0.607. The number of hydrogen-bond acceptors (Lipinski definition) is 4. The Bertz CT molecular complexity index is 1600. The molecular formula is C37H38FN5O3. The van der Waals surface area contributed by atoms with Crippen LogP contribution in [-0.2, 0) is 22.6 Å². The first-order chi connectivity index (χ1) is 22.4. The molecule has 2 saturated heterocycles. The molecule has 1 N–H and O–H groups in total. The largest absolute Gasteiger partial charge is 0.337 e. The zero-order valence-corrected chi connectivity index (χ0v) is 25.8. The molecule has 2 atom stereocenters. The molecular weight excluding hydrogens is 581 g/mol. The van der Waals surface area contributed by atoms with E-state index in [2.05, 4.69) is 29.6 Å². The zero-order valence-electron chi connectivity index (χ0n) is 25.8. The highest BCUT2D eigenvalue weighted by Gasteiger charge is 2.50. The maximum absolute atomic E-state index is 14.3. The van der Waals surface area contributed by atoms with Gasteiger partial charge in [-0.2, -0.15) is 0 Å². The Morgan fingerprint density at radius 1 is 0.826 bits per heavy atom. The minimum absolute atomic E-state index is 0.0386. The van der Waals surface area contributed by atoms with Crippen LogP contribution in [0.25, 0.3) is 0 Å². The summed E-state index contributed by atoms with van der Waals surface area (Å²) in [7, 11) is 1.71. The third-order valence-electron chi connectivity index (χ3n) is 8.87. The van der Waals surface area contributed by atoms with Crippen molar-refractivity contribution in [2.45, 2.75) is 37.5 Å². The van der Waals surface area contributed by atoms with Crippen LogP contribution >= 0.6 is 0 Å². The van der Waals surface area contributed by atoms with E-state index in [1.54, 1.807) is 34.1 Å². The Kier molecular flexibility index (Phi) is 9.40. The van der Waals surface area contributed by atoms with E-state index in [1.807, 2.05) is 71.6 Å². The second kappa shape index (κ2) is 14.0. The number of piperazine rings is 1. The van der Waals surface area contributed by atoms with Gasteiger partial charge in [-0.3, -0.25) is 9.59 Å². The summed E-state index contributed by atoms with van der Waals surface area (Å²) >= 11 is 0. The zero-order chi connectivity index (χ0) is 32.0. The minimum atomic E-state index is -0.762. The van der Waals surface area contributed by atoms with E-state index >= 15 is 0 Å². The number of rotatable bonds is 9. The molecule has 0 spiro atoms. The molecule has 0 saturated carbocycles. The van der Waals surface area contributed by atoms with Crippen LogP contribution in [0.5, 0.6) is 0 Å². The molecule has 0 radical (unpaired) electrons. The molecule has 9 heteroatoms. The number of hydrazine groups is 1. The van der Waals surface area contributed by atoms with Crippen molar-refractivity contribution in [3.8, 4) is 0 Å². The SMILES string of the molecule is CN1CC(=O)N2[C@@H](Cc3ccccc3)C(=O)N(CCC(c3ccccc3)c3ccccc3)C[C@@H]2N1C(=O)NCc1ccc(F)cc1. The van der Waals surface area contributed by atoms with Crippen LogP contribution in [0.15, 0.2) is 115 Å². The molecule has 2 aliphatic heterocycles. The molecule has 2 fully saturated rings. The highest BCUT2D eigenvalue weighted by atomic mass is 19.1. The van der Waals surface area contributed by atoms with Crippen molar-refractivity contribution in [3.05, 3.63) is 143 Å². The molecule has 2 heterocycles. The average Bonchev–Trinajstić information content (AvgIpc) is 3.07. The predicted molar refractivity (Wildman–Crippen MR) is 174 cm³/mol. The Balaban J connectivity index is 1.29. The summed E-state index contributed by atoms with van der Waals surface area (Å²) in [4.78, 5) is 45.1. The second-order valence-corrected chi connectivity index (χ2v) is 11.9. The highest BCUT2D eigenvalue weighted by molar-refractivity contribution is 5.91. The molecule has 8 nitrogen and oxygen atoms in total. The van der Waals surface area contributed by atoms with Crippen molar-refractivity contribution in [2.75, 3.05) is 26.7 Å². The van der Waals surface area contributed by atoms with Gasteiger partial charge in [0.05, 0.1) is 13.1 Å². The quantitative estimate of drug-likeness (QED) is 0.285. The van der Waals surface area contributed by atoms with Crippen molar-refractivity contribution in [1.82, 2.24) is 25.1 Å². The van der Waals surface area contributed by atoms with Crippen LogP contribution in [0.3, 0.4) is 0 Å².